The van der Waals surface area contributed by atoms with Crippen LogP contribution in [-0.2, 0) is 4.74 Å². The van der Waals surface area contributed by atoms with Crippen LogP contribution in [0.15, 0.2) is 0 Å². The zero-order valence-electron chi connectivity index (χ0n) is 15.4. The Balaban J connectivity index is 2.59. The predicted molar refractivity (Wildman–Crippen MR) is 92.7 cm³/mol. The molecule has 0 radical (unpaired) electrons. The lowest BCUT2D eigenvalue weighted by Gasteiger charge is -2.43. The fourth-order valence-corrected chi connectivity index (χ4v) is 3.80. The van der Waals surface area contributed by atoms with E-state index in [1.807, 2.05) is 0 Å². The van der Waals surface area contributed by atoms with Crippen LogP contribution in [0.25, 0.3) is 0 Å². The highest BCUT2D eigenvalue weighted by molar-refractivity contribution is 4.90. The van der Waals surface area contributed by atoms with E-state index >= 15 is 0 Å². The molecule has 0 aliphatic heterocycles. The Morgan fingerprint density at radius 1 is 1.10 bits per heavy atom. The third kappa shape index (κ3) is 6.69. The van der Waals surface area contributed by atoms with Crippen LogP contribution in [0.4, 0.5) is 0 Å². The van der Waals surface area contributed by atoms with Gasteiger partial charge in [0.25, 0.3) is 0 Å². The van der Waals surface area contributed by atoms with Gasteiger partial charge in [0.2, 0.25) is 0 Å². The molecule has 0 aromatic rings. The molecule has 1 N–H and O–H groups in total. The van der Waals surface area contributed by atoms with Gasteiger partial charge in [-0.05, 0) is 69.7 Å². The lowest BCUT2D eigenvalue weighted by Crippen LogP contribution is -2.48. The lowest BCUT2D eigenvalue weighted by molar-refractivity contribution is -0.118. The second kappa shape index (κ2) is 9.15. The summed E-state index contributed by atoms with van der Waals surface area (Å²) < 4.78 is 6.60. The highest BCUT2D eigenvalue weighted by atomic mass is 16.5. The Bertz CT molecular complexity index is 267. The molecule has 126 valence electrons. The van der Waals surface area contributed by atoms with E-state index in [2.05, 4.69) is 46.9 Å². The normalized spacial score (nSPS) is 28.3. The summed E-state index contributed by atoms with van der Waals surface area (Å²) in [5.41, 5.74) is 0.0921. The fourth-order valence-electron chi connectivity index (χ4n) is 3.80. The summed E-state index contributed by atoms with van der Waals surface area (Å²) in [6, 6.07) is 0. The number of nitrogens with one attached hydrogen (secondary N) is 1. The standard InChI is InChI=1S/C19H39NO/c1-7-12-20-14-19(21-17(6)13-15(2)3)10-8-18(9-11-19)16(4)5/h15-18,20H,7-14H2,1-6H3. The van der Waals surface area contributed by atoms with E-state index in [9.17, 15) is 0 Å². The minimum absolute atomic E-state index is 0.0921. The van der Waals surface area contributed by atoms with Gasteiger partial charge in [0.15, 0.2) is 0 Å². The van der Waals surface area contributed by atoms with Crippen molar-refractivity contribution in [1.29, 1.82) is 0 Å². The van der Waals surface area contributed by atoms with Gasteiger partial charge >= 0.3 is 0 Å². The Morgan fingerprint density at radius 3 is 2.19 bits per heavy atom. The summed E-state index contributed by atoms with van der Waals surface area (Å²) in [6.45, 7) is 16.0. The second-order valence-electron chi connectivity index (χ2n) is 8.00. The van der Waals surface area contributed by atoms with Crippen molar-refractivity contribution < 1.29 is 4.74 Å². The van der Waals surface area contributed by atoms with Crippen molar-refractivity contribution in [3.63, 3.8) is 0 Å². The first-order chi connectivity index (χ1) is 9.88. The Hall–Kier alpha value is -0.0800. The summed E-state index contributed by atoms with van der Waals surface area (Å²) in [4.78, 5) is 0. The topological polar surface area (TPSA) is 21.3 Å². The molecule has 2 nitrogen and oxygen atoms in total. The van der Waals surface area contributed by atoms with Gasteiger partial charge in [-0.2, -0.15) is 0 Å². The molecule has 1 aliphatic carbocycles. The first-order valence-corrected chi connectivity index (χ1v) is 9.27. The molecule has 0 bridgehead atoms. The molecule has 0 aromatic heterocycles. The molecule has 1 fully saturated rings. The molecule has 0 heterocycles. The van der Waals surface area contributed by atoms with Gasteiger partial charge in [0, 0.05) is 6.54 Å². The van der Waals surface area contributed by atoms with Gasteiger partial charge in [-0.25, -0.2) is 0 Å². The quantitative estimate of drug-likeness (QED) is 0.603. The van der Waals surface area contributed by atoms with Gasteiger partial charge in [-0.3, -0.25) is 0 Å². The van der Waals surface area contributed by atoms with Crippen molar-refractivity contribution in [2.75, 3.05) is 13.1 Å². The smallest absolute Gasteiger partial charge is 0.0810 e. The highest BCUT2D eigenvalue weighted by Gasteiger charge is 2.37. The van der Waals surface area contributed by atoms with Gasteiger partial charge in [-0.15, -0.1) is 0 Å². The maximum atomic E-state index is 6.60. The third-order valence-electron chi connectivity index (χ3n) is 5.01. The van der Waals surface area contributed by atoms with Gasteiger partial charge in [0.05, 0.1) is 11.7 Å². The molecule has 0 saturated heterocycles. The maximum Gasteiger partial charge on any atom is 0.0810 e. The number of hydrogen-bond acceptors (Lipinski definition) is 2. The monoisotopic (exact) mass is 297 g/mol. The van der Waals surface area contributed by atoms with Crippen LogP contribution >= 0.6 is 0 Å². The first kappa shape index (κ1) is 19.0. The van der Waals surface area contributed by atoms with Crippen molar-refractivity contribution >= 4 is 0 Å². The average Bonchev–Trinajstić information content (AvgIpc) is 2.38. The highest BCUT2D eigenvalue weighted by Crippen LogP contribution is 2.39. The van der Waals surface area contributed by atoms with Crippen molar-refractivity contribution in [3.8, 4) is 0 Å². The van der Waals surface area contributed by atoms with E-state index < -0.39 is 0 Å². The molecule has 0 amide bonds. The van der Waals surface area contributed by atoms with Crippen LogP contribution in [0, 0.1) is 17.8 Å². The second-order valence-corrected chi connectivity index (χ2v) is 8.00. The minimum Gasteiger partial charge on any atom is -0.371 e. The molecular formula is C19H39NO. The molecule has 21 heavy (non-hydrogen) atoms. The van der Waals surface area contributed by atoms with Crippen LogP contribution in [-0.4, -0.2) is 24.8 Å². The van der Waals surface area contributed by atoms with Crippen molar-refractivity contribution in [3.05, 3.63) is 0 Å². The fraction of sp³-hybridized carbons (Fsp3) is 1.00. The summed E-state index contributed by atoms with van der Waals surface area (Å²) in [7, 11) is 0. The predicted octanol–water partition coefficient (Wildman–Crippen LogP) is 5.02. The molecule has 1 aliphatic rings. The number of ether oxygens (including phenoxy) is 1. The van der Waals surface area contributed by atoms with Crippen molar-refractivity contribution in [2.45, 2.75) is 91.8 Å². The molecule has 1 atom stereocenters. The van der Waals surface area contributed by atoms with Crippen LogP contribution in [0.2, 0.25) is 0 Å². The van der Waals surface area contributed by atoms with E-state index in [1.165, 1.54) is 38.5 Å². The number of rotatable bonds is 9. The molecular weight excluding hydrogens is 258 g/mol. The van der Waals surface area contributed by atoms with Crippen LogP contribution < -0.4 is 5.32 Å². The molecule has 1 unspecified atom stereocenters. The Labute approximate surface area is 133 Å². The SMILES string of the molecule is CCCNCC1(OC(C)CC(C)C)CCC(C(C)C)CC1. The molecule has 1 rings (SSSR count). The van der Waals surface area contributed by atoms with Crippen molar-refractivity contribution in [1.82, 2.24) is 5.32 Å². The number of hydrogen-bond donors (Lipinski definition) is 1. The van der Waals surface area contributed by atoms with E-state index in [0.717, 1.165) is 24.9 Å². The molecule has 0 spiro atoms. The van der Waals surface area contributed by atoms with E-state index in [1.54, 1.807) is 0 Å². The Morgan fingerprint density at radius 2 is 1.71 bits per heavy atom. The summed E-state index contributed by atoms with van der Waals surface area (Å²) >= 11 is 0. The van der Waals surface area contributed by atoms with Gasteiger partial charge in [-0.1, -0.05) is 34.6 Å². The third-order valence-corrected chi connectivity index (χ3v) is 5.01. The van der Waals surface area contributed by atoms with Crippen LogP contribution in [0.1, 0.15) is 80.1 Å². The summed E-state index contributed by atoms with van der Waals surface area (Å²) in [5, 5.41) is 3.62. The largest absolute Gasteiger partial charge is 0.371 e. The van der Waals surface area contributed by atoms with E-state index in [0.29, 0.717) is 12.0 Å². The average molecular weight is 298 g/mol. The van der Waals surface area contributed by atoms with E-state index in [-0.39, 0.29) is 5.60 Å². The summed E-state index contributed by atoms with van der Waals surface area (Å²) in [6.07, 6.45) is 7.88. The summed E-state index contributed by atoms with van der Waals surface area (Å²) in [5.74, 6) is 2.43. The van der Waals surface area contributed by atoms with Gasteiger partial charge in [0.1, 0.15) is 0 Å². The molecule has 2 heteroatoms. The van der Waals surface area contributed by atoms with Crippen LogP contribution in [0.5, 0.6) is 0 Å². The maximum absolute atomic E-state index is 6.60. The van der Waals surface area contributed by atoms with Crippen molar-refractivity contribution in [2.24, 2.45) is 17.8 Å². The Kier molecular flexibility index (Phi) is 8.26. The van der Waals surface area contributed by atoms with Crippen LogP contribution in [0.3, 0.4) is 0 Å². The molecule has 1 saturated carbocycles. The van der Waals surface area contributed by atoms with Gasteiger partial charge < -0.3 is 10.1 Å². The first-order valence-electron chi connectivity index (χ1n) is 9.27. The minimum atomic E-state index is 0.0921. The lowest BCUT2D eigenvalue weighted by atomic mass is 9.74. The van der Waals surface area contributed by atoms with E-state index in [4.69, 9.17) is 4.74 Å². The zero-order chi connectivity index (χ0) is 15.9. The molecule has 0 aromatic carbocycles. The zero-order valence-corrected chi connectivity index (χ0v) is 15.4.